The molecule has 0 amide bonds. The van der Waals surface area contributed by atoms with E-state index in [0.717, 1.165) is 61.7 Å². The minimum atomic E-state index is -0.569. The molecule has 4 nitrogen and oxygen atoms in total. The predicted molar refractivity (Wildman–Crippen MR) is 222 cm³/mol. The highest BCUT2D eigenvalue weighted by atomic mass is 16.5. The molecular formula is C51H31N3O. The van der Waals surface area contributed by atoms with Gasteiger partial charge in [-0.15, -0.1) is 0 Å². The second kappa shape index (κ2) is 11.3. The van der Waals surface area contributed by atoms with E-state index in [-0.39, 0.29) is 0 Å². The number of fused-ring (bicyclic) bond motifs is 14. The van der Waals surface area contributed by atoms with E-state index in [4.69, 9.17) is 14.7 Å². The van der Waals surface area contributed by atoms with Crippen LogP contribution in [-0.2, 0) is 5.41 Å². The van der Waals surface area contributed by atoms with Crippen molar-refractivity contribution >= 4 is 32.6 Å². The van der Waals surface area contributed by atoms with Crippen LogP contribution >= 0.6 is 0 Å². The van der Waals surface area contributed by atoms with Crippen LogP contribution in [0, 0.1) is 0 Å². The highest BCUT2D eigenvalue weighted by molar-refractivity contribution is 6.22. The highest BCUT2D eigenvalue weighted by Crippen LogP contribution is 2.62. The number of hydrogen-bond acceptors (Lipinski definition) is 3. The normalized spacial score (nSPS) is 13.4. The number of aromatic nitrogens is 3. The van der Waals surface area contributed by atoms with Crippen molar-refractivity contribution in [2.45, 2.75) is 5.41 Å². The summed E-state index contributed by atoms with van der Waals surface area (Å²) in [6.07, 6.45) is 0. The molecular weight excluding hydrogens is 671 g/mol. The highest BCUT2D eigenvalue weighted by Gasteiger charge is 2.51. The molecule has 12 rings (SSSR count). The molecule has 0 N–H and O–H groups in total. The molecule has 3 heterocycles. The first-order valence-electron chi connectivity index (χ1n) is 18.7. The zero-order valence-electron chi connectivity index (χ0n) is 29.6. The third-order valence-electron chi connectivity index (χ3n) is 11.7. The molecule has 2 aliphatic rings. The Bertz CT molecular complexity index is 3080. The van der Waals surface area contributed by atoms with Crippen molar-refractivity contribution in [1.82, 2.24) is 14.5 Å². The van der Waals surface area contributed by atoms with E-state index in [1.165, 1.54) is 38.4 Å². The third kappa shape index (κ3) is 4.16. The number of ether oxygens (including phenoxy) is 1. The van der Waals surface area contributed by atoms with Gasteiger partial charge in [0.2, 0.25) is 0 Å². The molecule has 0 fully saturated rings. The molecule has 2 aromatic heterocycles. The Hall–Kier alpha value is -7.30. The summed E-state index contributed by atoms with van der Waals surface area (Å²) in [7, 11) is 0. The predicted octanol–water partition coefficient (Wildman–Crippen LogP) is 12.5. The van der Waals surface area contributed by atoms with E-state index in [1.54, 1.807) is 0 Å². The van der Waals surface area contributed by atoms with Crippen LogP contribution in [0.2, 0.25) is 0 Å². The molecule has 1 aliphatic carbocycles. The van der Waals surface area contributed by atoms with Gasteiger partial charge in [0.25, 0.3) is 0 Å². The maximum Gasteiger partial charge on any atom is 0.162 e. The van der Waals surface area contributed by atoms with Crippen LogP contribution in [0.4, 0.5) is 0 Å². The topological polar surface area (TPSA) is 39.9 Å². The van der Waals surface area contributed by atoms with Crippen LogP contribution in [-0.4, -0.2) is 14.5 Å². The van der Waals surface area contributed by atoms with E-state index in [1.807, 2.05) is 24.3 Å². The second-order valence-corrected chi connectivity index (χ2v) is 14.5. The first kappa shape index (κ1) is 30.2. The van der Waals surface area contributed by atoms with Gasteiger partial charge in [-0.25, -0.2) is 9.97 Å². The third-order valence-corrected chi connectivity index (χ3v) is 11.7. The van der Waals surface area contributed by atoms with Crippen LogP contribution in [0.3, 0.4) is 0 Å². The number of rotatable bonds is 3. The summed E-state index contributed by atoms with van der Waals surface area (Å²) in [6, 6.07) is 67.0. The smallest absolute Gasteiger partial charge is 0.162 e. The fourth-order valence-electron chi connectivity index (χ4n) is 9.40. The molecule has 10 aromatic rings. The molecule has 1 spiro atoms. The average Bonchev–Trinajstić information content (AvgIpc) is 3.74. The standard InChI is InChI=1S/C51H31N3O/c1-3-16-33(17-4-1)43-30-48(53-50(52-43)34-18-5-2-6-19-34)54-44-28-27-32-15-7-8-20-35(32)49(44)38-29-42-47(31-45(38)54)55-46-26-14-13-25-41(46)51(42)39-23-11-9-21-36(39)37-22-10-12-24-40(37)51/h1-31H. The maximum atomic E-state index is 7.02. The zero-order chi connectivity index (χ0) is 36.1. The van der Waals surface area contributed by atoms with Crippen molar-refractivity contribution in [3.8, 4) is 51.1 Å². The van der Waals surface area contributed by atoms with Gasteiger partial charge in [-0.3, -0.25) is 4.57 Å². The first-order chi connectivity index (χ1) is 27.3. The molecule has 8 aromatic carbocycles. The quantitative estimate of drug-likeness (QED) is 0.184. The Morgan fingerprint density at radius 1 is 0.436 bits per heavy atom. The fourth-order valence-corrected chi connectivity index (χ4v) is 9.40. The summed E-state index contributed by atoms with van der Waals surface area (Å²) < 4.78 is 9.33. The lowest BCUT2D eigenvalue weighted by Gasteiger charge is -2.39. The van der Waals surface area contributed by atoms with Gasteiger partial charge in [0.15, 0.2) is 5.82 Å². The van der Waals surface area contributed by atoms with E-state index >= 15 is 0 Å². The lowest BCUT2D eigenvalue weighted by Crippen LogP contribution is -2.32. The van der Waals surface area contributed by atoms with Gasteiger partial charge in [0, 0.05) is 45.2 Å². The lowest BCUT2D eigenvalue weighted by atomic mass is 9.66. The average molecular weight is 702 g/mol. The molecule has 256 valence electrons. The van der Waals surface area contributed by atoms with Gasteiger partial charge in [-0.05, 0) is 51.2 Å². The molecule has 0 saturated carbocycles. The first-order valence-corrected chi connectivity index (χ1v) is 18.7. The molecule has 55 heavy (non-hydrogen) atoms. The van der Waals surface area contributed by atoms with Crippen LogP contribution < -0.4 is 4.74 Å². The van der Waals surface area contributed by atoms with E-state index in [2.05, 4.69) is 168 Å². The van der Waals surface area contributed by atoms with Crippen molar-refractivity contribution in [3.63, 3.8) is 0 Å². The maximum absolute atomic E-state index is 7.02. The number of para-hydroxylation sites is 1. The molecule has 0 saturated heterocycles. The number of nitrogens with zero attached hydrogens (tertiary/aromatic N) is 3. The Kier molecular flexibility index (Phi) is 6.23. The van der Waals surface area contributed by atoms with Crippen molar-refractivity contribution in [2.75, 3.05) is 0 Å². The van der Waals surface area contributed by atoms with Gasteiger partial charge in [-0.2, -0.15) is 0 Å². The van der Waals surface area contributed by atoms with E-state index in [9.17, 15) is 0 Å². The molecule has 0 atom stereocenters. The molecule has 0 bridgehead atoms. The SMILES string of the molecule is c1ccc(-c2cc(-n3c4cc5c(cc4c4c6ccccc6ccc43)C3(c4ccccc4O5)c4ccccc4-c4ccccc43)nc(-c3ccccc3)n2)cc1. The summed E-state index contributed by atoms with van der Waals surface area (Å²) in [6.45, 7) is 0. The fraction of sp³-hybridized carbons (Fsp3) is 0.0196. The minimum Gasteiger partial charge on any atom is -0.457 e. The summed E-state index contributed by atoms with van der Waals surface area (Å²) in [5.74, 6) is 3.18. The second-order valence-electron chi connectivity index (χ2n) is 14.5. The van der Waals surface area contributed by atoms with Crippen molar-refractivity contribution < 1.29 is 4.74 Å². The summed E-state index contributed by atoms with van der Waals surface area (Å²) >= 11 is 0. The van der Waals surface area contributed by atoms with Gasteiger partial charge < -0.3 is 4.74 Å². The summed E-state index contributed by atoms with van der Waals surface area (Å²) in [5.41, 5.74) is 11.8. The molecule has 0 unspecified atom stereocenters. The summed E-state index contributed by atoms with van der Waals surface area (Å²) in [4.78, 5) is 10.5. The molecule has 1 aliphatic heterocycles. The van der Waals surface area contributed by atoms with Gasteiger partial charge in [0.05, 0.1) is 22.1 Å². The monoisotopic (exact) mass is 701 g/mol. The minimum absolute atomic E-state index is 0.569. The van der Waals surface area contributed by atoms with Crippen LogP contribution in [0.25, 0.3) is 72.2 Å². The number of benzene rings is 8. The van der Waals surface area contributed by atoms with Crippen molar-refractivity contribution in [1.29, 1.82) is 0 Å². The van der Waals surface area contributed by atoms with Crippen LogP contribution in [0.1, 0.15) is 22.3 Å². The van der Waals surface area contributed by atoms with Gasteiger partial charge in [0.1, 0.15) is 17.3 Å². The molecule has 4 heteroatoms. The van der Waals surface area contributed by atoms with Crippen molar-refractivity contribution in [2.24, 2.45) is 0 Å². The van der Waals surface area contributed by atoms with Crippen LogP contribution in [0.5, 0.6) is 11.5 Å². The van der Waals surface area contributed by atoms with Crippen LogP contribution in [0.15, 0.2) is 188 Å². The Morgan fingerprint density at radius 3 is 1.84 bits per heavy atom. The Morgan fingerprint density at radius 2 is 1.07 bits per heavy atom. The number of hydrogen-bond donors (Lipinski definition) is 0. The summed E-state index contributed by atoms with van der Waals surface area (Å²) in [5, 5.41) is 4.72. The van der Waals surface area contributed by atoms with E-state index < -0.39 is 5.41 Å². The van der Waals surface area contributed by atoms with Crippen molar-refractivity contribution in [3.05, 3.63) is 210 Å². The van der Waals surface area contributed by atoms with E-state index in [0.29, 0.717) is 5.82 Å². The lowest BCUT2D eigenvalue weighted by molar-refractivity contribution is 0.437. The zero-order valence-corrected chi connectivity index (χ0v) is 29.6. The van der Waals surface area contributed by atoms with Gasteiger partial charge in [-0.1, -0.05) is 158 Å². The largest absolute Gasteiger partial charge is 0.457 e. The van der Waals surface area contributed by atoms with Gasteiger partial charge >= 0.3 is 0 Å². The Labute approximate surface area is 317 Å². The Balaban J connectivity index is 1.23. The molecule has 0 radical (unpaired) electrons.